The lowest BCUT2D eigenvalue weighted by molar-refractivity contribution is 0.354. The molecule has 0 fully saturated rings. The van der Waals surface area contributed by atoms with Gasteiger partial charge in [0.15, 0.2) is 11.5 Å². The number of methoxy groups -OCH3 is 2. The summed E-state index contributed by atoms with van der Waals surface area (Å²) in [5.41, 5.74) is 1.09. The first-order valence-corrected chi connectivity index (χ1v) is 9.74. The number of nitrogens with zero attached hydrogens (tertiary/aromatic N) is 3. The zero-order valence-electron chi connectivity index (χ0n) is 15.0. The van der Waals surface area contributed by atoms with Crippen molar-refractivity contribution >= 4 is 49.0 Å². The topological polar surface area (TPSA) is 65.7 Å². The number of ether oxygens (including phenoxy) is 2. The summed E-state index contributed by atoms with van der Waals surface area (Å²) in [6.45, 7) is 1.93. The van der Waals surface area contributed by atoms with Gasteiger partial charge in [-0.3, -0.25) is 4.79 Å². The Morgan fingerprint density at radius 2 is 1.93 bits per heavy atom. The third kappa shape index (κ3) is 3.91. The molecule has 0 aliphatic rings. The van der Waals surface area contributed by atoms with Crippen LogP contribution in [0.5, 0.6) is 11.5 Å². The smallest absolute Gasteiger partial charge is 0.282 e. The van der Waals surface area contributed by atoms with Crippen molar-refractivity contribution in [3.63, 3.8) is 0 Å². The van der Waals surface area contributed by atoms with E-state index in [1.165, 1.54) is 4.68 Å². The van der Waals surface area contributed by atoms with Crippen molar-refractivity contribution in [2.45, 2.75) is 13.3 Å². The van der Waals surface area contributed by atoms with Gasteiger partial charge in [-0.2, -0.15) is 9.78 Å². The summed E-state index contributed by atoms with van der Waals surface area (Å²) < 4.78 is 13.7. The van der Waals surface area contributed by atoms with Gasteiger partial charge in [-0.15, -0.1) is 0 Å². The van der Waals surface area contributed by atoms with Crippen molar-refractivity contribution in [2.75, 3.05) is 14.2 Å². The van der Waals surface area contributed by atoms with Crippen molar-refractivity contribution in [1.29, 1.82) is 0 Å². The lowest BCUT2D eigenvalue weighted by Crippen LogP contribution is -2.22. The molecule has 0 N–H and O–H groups in total. The van der Waals surface area contributed by atoms with Crippen LogP contribution >= 0.6 is 31.9 Å². The van der Waals surface area contributed by atoms with E-state index in [4.69, 9.17) is 9.47 Å². The molecule has 0 aliphatic carbocycles. The van der Waals surface area contributed by atoms with Gasteiger partial charge in [0, 0.05) is 20.9 Å². The zero-order valence-corrected chi connectivity index (χ0v) is 18.2. The molecule has 1 heterocycles. The predicted molar refractivity (Wildman–Crippen MR) is 113 cm³/mol. The SMILES string of the molecule is CCc1nc2ccc(Br)cc2c(=O)n1N=Cc1cc(Br)cc(OC)c1OC. The minimum Gasteiger partial charge on any atom is -0.493 e. The van der Waals surface area contributed by atoms with Gasteiger partial charge in [0.25, 0.3) is 5.56 Å². The molecule has 0 radical (unpaired) electrons. The standard InChI is InChI=1S/C19H17Br2N3O3/c1-4-17-23-15-6-5-12(20)8-14(15)19(25)24(17)22-10-11-7-13(21)9-16(26-2)18(11)27-3/h5-10H,4H2,1-3H3. The van der Waals surface area contributed by atoms with Crippen molar-refractivity contribution < 1.29 is 9.47 Å². The maximum Gasteiger partial charge on any atom is 0.282 e. The first kappa shape index (κ1) is 19.6. The Balaban J connectivity index is 2.18. The monoisotopic (exact) mass is 493 g/mol. The minimum absolute atomic E-state index is 0.227. The van der Waals surface area contributed by atoms with E-state index < -0.39 is 0 Å². The average molecular weight is 495 g/mol. The van der Waals surface area contributed by atoms with Gasteiger partial charge in [0.2, 0.25) is 0 Å². The van der Waals surface area contributed by atoms with E-state index in [0.717, 1.165) is 8.95 Å². The fraction of sp³-hybridized carbons (Fsp3) is 0.211. The molecule has 2 aromatic carbocycles. The van der Waals surface area contributed by atoms with E-state index in [0.29, 0.717) is 40.2 Å². The van der Waals surface area contributed by atoms with Gasteiger partial charge in [0.05, 0.1) is 31.3 Å². The summed E-state index contributed by atoms with van der Waals surface area (Å²) in [6.07, 6.45) is 2.13. The lowest BCUT2D eigenvalue weighted by Gasteiger charge is -2.11. The summed E-state index contributed by atoms with van der Waals surface area (Å²) in [7, 11) is 3.12. The minimum atomic E-state index is -0.227. The Kier molecular flexibility index (Phi) is 5.96. The van der Waals surface area contributed by atoms with E-state index in [-0.39, 0.29) is 5.56 Å². The molecule has 0 unspecified atom stereocenters. The number of halogens is 2. The second kappa shape index (κ2) is 8.22. The highest BCUT2D eigenvalue weighted by molar-refractivity contribution is 9.10. The number of hydrogen-bond acceptors (Lipinski definition) is 5. The summed E-state index contributed by atoms with van der Waals surface area (Å²) in [4.78, 5) is 17.5. The van der Waals surface area contributed by atoms with Gasteiger partial charge >= 0.3 is 0 Å². The van der Waals surface area contributed by atoms with Crippen LogP contribution < -0.4 is 15.0 Å². The van der Waals surface area contributed by atoms with Crippen molar-refractivity contribution in [3.05, 3.63) is 61.0 Å². The Bertz CT molecular complexity index is 1090. The Morgan fingerprint density at radius 1 is 1.15 bits per heavy atom. The molecule has 0 spiro atoms. The molecule has 1 aromatic heterocycles. The maximum absolute atomic E-state index is 12.9. The highest BCUT2D eigenvalue weighted by Gasteiger charge is 2.12. The van der Waals surface area contributed by atoms with E-state index in [1.807, 2.05) is 25.1 Å². The number of aromatic nitrogens is 2. The molecule has 0 bridgehead atoms. The molecule has 8 heteroatoms. The first-order chi connectivity index (χ1) is 13.0. The summed E-state index contributed by atoms with van der Waals surface area (Å²) in [5.74, 6) is 1.68. The highest BCUT2D eigenvalue weighted by Crippen LogP contribution is 2.33. The van der Waals surface area contributed by atoms with Crippen LogP contribution in [-0.2, 0) is 6.42 Å². The van der Waals surface area contributed by atoms with Crippen LogP contribution in [0.25, 0.3) is 10.9 Å². The molecule has 6 nitrogen and oxygen atoms in total. The molecule has 0 amide bonds. The van der Waals surface area contributed by atoms with Crippen LogP contribution in [0.15, 0.2) is 49.2 Å². The molecule has 3 aromatic rings. The van der Waals surface area contributed by atoms with Crippen molar-refractivity contribution in [1.82, 2.24) is 9.66 Å². The van der Waals surface area contributed by atoms with Crippen molar-refractivity contribution in [2.24, 2.45) is 5.10 Å². The lowest BCUT2D eigenvalue weighted by atomic mass is 10.2. The molecule has 0 saturated carbocycles. The molecular formula is C19H17Br2N3O3. The van der Waals surface area contributed by atoms with Crippen LogP contribution in [0.3, 0.4) is 0 Å². The van der Waals surface area contributed by atoms with Crippen LogP contribution in [-0.4, -0.2) is 30.1 Å². The Labute approximate surface area is 173 Å². The predicted octanol–water partition coefficient (Wildman–Crippen LogP) is 4.38. The third-order valence-electron chi connectivity index (χ3n) is 3.98. The summed E-state index contributed by atoms with van der Waals surface area (Å²) in [5, 5.41) is 4.89. The van der Waals surface area contributed by atoms with Crippen LogP contribution in [0.2, 0.25) is 0 Å². The van der Waals surface area contributed by atoms with Crippen molar-refractivity contribution in [3.8, 4) is 11.5 Å². The molecule has 140 valence electrons. The molecule has 0 atom stereocenters. The summed E-state index contributed by atoms with van der Waals surface area (Å²) in [6, 6.07) is 9.07. The largest absolute Gasteiger partial charge is 0.493 e. The van der Waals surface area contributed by atoms with Gasteiger partial charge in [-0.05, 0) is 30.3 Å². The number of benzene rings is 2. The molecule has 0 aliphatic heterocycles. The van der Waals surface area contributed by atoms with Crippen LogP contribution in [0.4, 0.5) is 0 Å². The molecular weight excluding hydrogens is 478 g/mol. The van der Waals surface area contributed by atoms with E-state index in [2.05, 4.69) is 41.9 Å². The van der Waals surface area contributed by atoms with E-state index >= 15 is 0 Å². The number of hydrogen-bond donors (Lipinski definition) is 0. The fourth-order valence-electron chi connectivity index (χ4n) is 2.72. The maximum atomic E-state index is 12.9. The van der Waals surface area contributed by atoms with Gasteiger partial charge in [-0.25, -0.2) is 4.98 Å². The van der Waals surface area contributed by atoms with E-state index in [1.54, 1.807) is 32.6 Å². The molecule has 3 rings (SSSR count). The van der Waals surface area contributed by atoms with E-state index in [9.17, 15) is 4.79 Å². The second-order valence-corrected chi connectivity index (χ2v) is 7.47. The third-order valence-corrected chi connectivity index (χ3v) is 4.93. The summed E-state index contributed by atoms with van der Waals surface area (Å²) >= 11 is 6.84. The average Bonchev–Trinajstić information content (AvgIpc) is 2.66. The zero-order chi connectivity index (χ0) is 19.6. The first-order valence-electron chi connectivity index (χ1n) is 8.15. The van der Waals surface area contributed by atoms with Gasteiger partial charge in [-0.1, -0.05) is 38.8 Å². The highest BCUT2D eigenvalue weighted by atomic mass is 79.9. The second-order valence-electron chi connectivity index (χ2n) is 5.64. The Morgan fingerprint density at radius 3 is 2.59 bits per heavy atom. The van der Waals surface area contributed by atoms with Gasteiger partial charge < -0.3 is 9.47 Å². The van der Waals surface area contributed by atoms with Gasteiger partial charge in [0.1, 0.15) is 5.82 Å². The van der Waals surface area contributed by atoms with Crippen LogP contribution in [0.1, 0.15) is 18.3 Å². The number of rotatable bonds is 5. The fourth-order valence-corrected chi connectivity index (χ4v) is 3.53. The normalized spacial score (nSPS) is 11.3. The molecule has 0 saturated heterocycles. The number of fused-ring (bicyclic) bond motifs is 1. The Hall–Kier alpha value is -2.19. The van der Waals surface area contributed by atoms with Crippen LogP contribution in [0, 0.1) is 0 Å². The quantitative estimate of drug-likeness (QED) is 0.493. The molecule has 27 heavy (non-hydrogen) atoms. The number of aryl methyl sites for hydroxylation is 1.